The molecule has 0 aliphatic heterocycles. The molecule has 0 bridgehead atoms. The van der Waals surface area contributed by atoms with Crippen molar-refractivity contribution < 1.29 is 9.18 Å². The smallest absolute Gasteiger partial charge is 0.220 e. The van der Waals surface area contributed by atoms with E-state index in [-0.39, 0.29) is 17.8 Å². The Bertz CT molecular complexity index is 577. The number of amides is 1. The summed E-state index contributed by atoms with van der Waals surface area (Å²) in [6, 6.07) is 5.74. The molecule has 1 heterocycles. The Hall–Kier alpha value is -2.17. The number of nitrogens with zero attached hydrogens (tertiary/aromatic N) is 2. The number of benzene rings is 1. The van der Waals surface area contributed by atoms with Crippen molar-refractivity contribution in [2.45, 2.75) is 25.8 Å². The molecule has 1 aromatic carbocycles. The lowest BCUT2D eigenvalue weighted by Crippen LogP contribution is -2.30. The van der Waals surface area contributed by atoms with Gasteiger partial charge in [0.05, 0.1) is 0 Å². The Morgan fingerprint density at radius 3 is 2.65 bits per heavy atom. The van der Waals surface area contributed by atoms with E-state index in [1.807, 2.05) is 24.7 Å². The van der Waals surface area contributed by atoms with Crippen molar-refractivity contribution in [1.29, 1.82) is 0 Å². The molecule has 5 heteroatoms. The van der Waals surface area contributed by atoms with Crippen LogP contribution in [0.2, 0.25) is 0 Å². The topological polar surface area (TPSA) is 46.9 Å². The zero-order chi connectivity index (χ0) is 14.5. The zero-order valence-corrected chi connectivity index (χ0v) is 11.6. The number of carbonyl (C=O) groups excluding carboxylic acids is 1. The Morgan fingerprint density at radius 1 is 1.40 bits per heavy atom. The molecular weight excluding hydrogens is 257 g/mol. The molecule has 2 aromatic rings. The van der Waals surface area contributed by atoms with Crippen LogP contribution in [0.15, 0.2) is 36.7 Å². The molecule has 0 saturated heterocycles. The molecule has 0 unspecified atom stereocenters. The van der Waals surface area contributed by atoms with Crippen molar-refractivity contribution in [3.8, 4) is 0 Å². The third-order valence-corrected chi connectivity index (χ3v) is 3.10. The summed E-state index contributed by atoms with van der Waals surface area (Å²) in [5.41, 5.74) is 0.810. The van der Waals surface area contributed by atoms with Gasteiger partial charge in [-0.3, -0.25) is 4.79 Å². The highest BCUT2D eigenvalue weighted by molar-refractivity contribution is 5.76. The van der Waals surface area contributed by atoms with E-state index >= 15 is 0 Å². The molecule has 0 radical (unpaired) electrons. The molecule has 0 aliphatic rings. The van der Waals surface area contributed by atoms with Gasteiger partial charge >= 0.3 is 0 Å². The molecule has 1 aromatic heterocycles. The van der Waals surface area contributed by atoms with Crippen LogP contribution in [0, 0.1) is 5.82 Å². The molecule has 106 valence electrons. The molecule has 2 rings (SSSR count). The number of aromatic nitrogens is 2. The van der Waals surface area contributed by atoms with Gasteiger partial charge in [0.2, 0.25) is 5.91 Å². The number of aryl methyl sites for hydroxylation is 1. The van der Waals surface area contributed by atoms with Gasteiger partial charge < -0.3 is 9.88 Å². The summed E-state index contributed by atoms with van der Waals surface area (Å²) in [6.45, 7) is 1.95. The first-order chi connectivity index (χ1) is 9.61. The predicted octanol–water partition coefficient (Wildman–Crippen LogP) is 2.56. The summed E-state index contributed by atoms with van der Waals surface area (Å²) in [5.74, 6) is 0.387. The molecule has 1 amide bonds. The van der Waals surface area contributed by atoms with Gasteiger partial charge in [-0.05, 0) is 24.1 Å². The summed E-state index contributed by atoms with van der Waals surface area (Å²) in [7, 11) is 1.87. The van der Waals surface area contributed by atoms with Crippen LogP contribution in [0.25, 0.3) is 0 Å². The third-order valence-electron chi connectivity index (χ3n) is 3.10. The average Bonchev–Trinajstić information content (AvgIpc) is 2.84. The van der Waals surface area contributed by atoms with E-state index in [2.05, 4.69) is 10.3 Å². The lowest BCUT2D eigenvalue weighted by atomic mass is 10.1. The van der Waals surface area contributed by atoms with E-state index in [9.17, 15) is 9.18 Å². The number of carbonyl (C=O) groups is 1. The van der Waals surface area contributed by atoms with E-state index < -0.39 is 0 Å². The fourth-order valence-electron chi connectivity index (χ4n) is 2.07. The monoisotopic (exact) mass is 275 g/mol. The van der Waals surface area contributed by atoms with Crippen LogP contribution in [0.3, 0.4) is 0 Å². The highest BCUT2D eigenvalue weighted by Gasteiger charge is 2.20. The van der Waals surface area contributed by atoms with Crippen molar-refractivity contribution in [2.24, 2.45) is 7.05 Å². The minimum atomic E-state index is -0.366. The molecule has 20 heavy (non-hydrogen) atoms. The molecule has 0 saturated carbocycles. The number of nitrogens with one attached hydrogen (secondary N) is 1. The Balaban J connectivity index is 2.31. The number of hydrogen-bond donors (Lipinski definition) is 1. The second-order valence-corrected chi connectivity index (χ2v) is 4.70. The van der Waals surface area contributed by atoms with Crippen LogP contribution in [-0.4, -0.2) is 15.5 Å². The molecule has 1 N–H and O–H groups in total. The van der Waals surface area contributed by atoms with E-state index in [4.69, 9.17) is 0 Å². The summed E-state index contributed by atoms with van der Waals surface area (Å²) in [6.07, 6.45) is 4.74. The quantitative estimate of drug-likeness (QED) is 0.911. The normalized spacial score (nSPS) is 12.2. The van der Waals surface area contributed by atoms with Gasteiger partial charge in [-0.15, -0.1) is 0 Å². The maximum Gasteiger partial charge on any atom is 0.220 e. The first kappa shape index (κ1) is 14.2. The summed E-state index contributed by atoms with van der Waals surface area (Å²) in [5, 5.41) is 2.95. The van der Waals surface area contributed by atoms with Gasteiger partial charge in [0.25, 0.3) is 0 Å². The van der Waals surface area contributed by atoms with Crippen LogP contribution in [0.4, 0.5) is 4.39 Å². The van der Waals surface area contributed by atoms with Gasteiger partial charge in [0.1, 0.15) is 17.7 Å². The second kappa shape index (κ2) is 6.32. The zero-order valence-electron chi connectivity index (χ0n) is 11.6. The maximum absolute atomic E-state index is 13.0. The minimum Gasteiger partial charge on any atom is -0.342 e. The van der Waals surface area contributed by atoms with Crippen molar-refractivity contribution in [3.05, 3.63) is 53.9 Å². The van der Waals surface area contributed by atoms with Crippen LogP contribution >= 0.6 is 0 Å². The summed E-state index contributed by atoms with van der Waals surface area (Å²) < 4.78 is 14.9. The van der Waals surface area contributed by atoms with Crippen molar-refractivity contribution in [2.75, 3.05) is 0 Å². The van der Waals surface area contributed by atoms with Crippen LogP contribution in [-0.2, 0) is 11.8 Å². The molecule has 0 aliphatic carbocycles. The van der Waals surface area contributed by atoms with Crippen molar-refractivity contribution in [3.63, 3.8) is 0 Å². The summed E-state index contributed by atoms with van der Waals surface area (Å²) in [4.78, 5) is 16.2. The van der Waals surface area contributed by atoms with Gasteiger partial charge in [-0.1, -0.05) is 19.1 Å². The van der Waals surface area contributed by atoms with Gasteiger partial charge in [0.15, 0.2) is 0 Å². The number of hydrogen-bond acceptors (Lipinski definition) is 2. The van der Waals surface area contributed by atoms with Crippen molar-refractivity contribution in [1.82, 2.24) is 14.9 Å². The largest absolute Gasteiger partial charge is 0.342 e. The molecule has 4 nitrogen and oxygen atoms in total. The van der Waals surface area contributed by atoms with E-state index in [1.165, 1.54) is 12.1 Å². The van der Waals surface area contributed by atoms with Gasteiger partial charge in [0, 0.05) is 25.9 Å². The molecule has 0 spiro atoms. The maximum atomic E-state index is 13.0. The standard InChI is InChI=1S/C15H18FN3O/c1-3-4-13(20)18-14(15-17-9-10-19(15)2)11-5-7-12(16)8-6-11/h5-10,14H,3-4H2,1-2H3,(H,18,20)/t14-/m0/s1. The van der Waals surface area contributed by atoms with Crippen molar-refractivity contribution >= 4 is 5.91 Å². The minimum absolute atomic E-state index is 0.0372. The van der Waals surface area contributed by atoms with E-state index in [0.29, 0.717) is 6.42 Å². The first-order valence-electron chi connectivity index (χ1n) is 6.64. The first-order valence-corrected chi connectivity index (χ1v) is 6.64. The fraction of sp³-hybridized carbons (Fsp3) is 0.333. The summed E-state index contributed by atoms with van der Waals surface area (Å²) >= 11 is 0. The highest BCUT2D eigenvalue weighted by atomic mass is 19.1. The number of imidazole rings is 1. The Kier molecular flexibility index (Phi) is 4.50. The lowest BCUT2D eigenvalue weighted by Gasteiger charge is -2.19. The highest BCUT2D eigenvalue weighted by Crippen LogP contribution is 2.21. The van der Waals surface area contributed by atoms with Crippen LogP contribution < -0.4 is 5.32 Å². The average molecular weight is 275 g/mol. The predicted molar refractivity (Wildman–Crippen MR) is 74.5 cm³/mol. The fourth-order valence-corrected chi connectivity index (χ4v) is 2.07. The van der Waals surface area contributed by atoms with Gasteiger partial charge in [-0.2, -0.15) is 0 Å². The molecule has 0 fully saturated rings. The van der Waals surface area contributed by atoms with Crippen LogP contribution in [0.5, 0.6) is 0 Å². The molecular formula is C15H18FN3O. The Morgan fingerprint density at radius 2 is 2.10 bits per heavy atom. The number of rotatable bonds is 5. The molecule has 1 atom stereocenters. The van der Waals surface area contributed by atoms with E-state index in [1.54, 1.807) is 18.3 Å². The second-order valence-electron chi connectivity index (χ2n) is 4.70. The van der Waals surface area contributed by atoms with Gasteiger partial charge in [-0.25, -0.2) is 9.37 Å². The number of halogens is 1. The Labute approximate surface area is 117 Å². The SMILES string of the molecule is CCCC(=O)N[C@@H](c1ccc(F)cc1)c1nccn1C. The third kappa shape index (κ3) is 3.23. The van der Waals surface area contributed by atoms with Crippen LogP contribution in [0.1, 0.15) is 37.2 Å². The van der Waals surface area contributed by atoms with E-state index in [0.717, 1.165) is 17.8 Å². The lowest BCUT2D eigenvalue weighted by molar-refractivity contribution is -0.121.